The fourth-order valence-corrected chi connectivity index (χ4v) is 3.48. The van der Waals surface area contributed by atoms with Crippen LogP contribution < -0.4 is 5.32 Å². The van der Waals surface area contributed by atoms with Crippen molar-refractivity contribution in [1.29, 1.82) is 0 Å². The number of barbiturate groups is 1. The molecule has 8 nitrogen and oxygen atoms in total. The Balaban J connectivity index is 2.09. The van der Waals surface area contributed by atoms with Gasteiger partial charge in [0.25, 0.3) is 11.8 Å². The Morgan fingerprint density at radius 3 is 2.52 bits per heavy atom. The maximum Gasteiger partial charge on any atom is 0.337 e. The van der Waals surface area contributed by atoms with E-state index < -0.39 is 23.8 Å². The number of aryl methyl sites for hydroxylation is 1. The number of carbonyl (C=O) groups is 4. The predicted octanol–water partition coefficient (Wildman–Crippen LogP) is 2.93. The Kier molecular flexibility index (Phi) is 5.30. The topological polar surface area (TPSA) is 109 Å². The highest BCUT2D eigenvalue weighted by Crippen LogP contribution is 2.27. The number of imide groups is 2. The lowest BCUT2D eigenvalue weighted by atomic mass is 10.1. The van der Waals surface area contributed by atoms with E-state index in [4.69, 9.17) is 11.6 Å². The van der Waals surface area contributed by atoms with Crippen molar-refractivity contribution in [1.82, 2.24) is 14.8 Å². The summed E-state index contributed by atoms with van der Waals surface area (Å²) >= 11 is 5.95. The van der Waals surface area contributed by atoms with Gasteiger partial charge < -0.3 is 9.67 Å². The van der Waals surface area contributed by atoms with Crippen LogP contribution in [0.25, 0.3) is 11.8 Å². The summed E-state index contributed by atoms with van der Waals surface area (Å²) in [7, 11) is 0. The third-order valence-corrected chi connectivity index (χ3v) is 5.04. The summed E-state index contributed by atoms with van der Waals surface area (Å²) in [5, 5.41) is 11.6. The van der Waals surface area contributed by atoms with Crippen molar-refractivity contribution in [3.8, 4) is 5.69 Å². The molecule has 2 heterocycles. The monoisotopic (exact) mass is 415 g/mol. The third-order valence-electron chi connectivity index (χ3n) is 4.71. The number of carbonyl (C=O) groups excluding carboxylic acids is 3. The SMILES string of the molecule is CCN1C(=O)NC(=O)/C(=C/c2cc(C)n(-c3ccc(Cl)c(C(=O)O)c3)c2C)C1=O. The van der Waals surface area contributed by atoms with E-state index in [0.717, 1.165) is 10.6 Å². The molecule has 9 heteroatoms. The number of carboxylic acid groups (broad SMARTS) is 1. The van der Waals surface area contributed by atoms with E-state index in [2.05, 4.69) is 5.32 Å². The van der Waals surface area contributed by atoms with Crippen molar-refractivity contribution >= 4 is 41.5 Å². The lowest BCUT2D eigenvalue weighted by Gasteiger charge is -2.24. The van der Waals surface area contributed by atoms with Crippen LogP contribution in [0.1, 0.15) is 34.2 Å². The van der Waals surface area contributed by atoms with Gasteiger partial charge in [-0.2, -0.15) is 0 Å². The summed E-state index contributed by atoms with van der Waals surface area (Å²) in [6.45, 7) is 5.37. The molecule has 2 aromatic rings. The first-order valence-electron chi connectivity index (χ1n) is 8.76. The number of benzene rings is 1. The van der Waals surface area contributed by atoms with Gasteiger partial charge in [0.2, 0.25) is 0 Å². The highest BCUT2D eigenvalue weighted by molar-refractivity contribution is 6.33. The van der Waals surface area contributed by atoms with Gasteiger partial charge in [-0.1, -0.05) is 11.6 Å². The number of amides is 4. The van der Waals surface area contributed by atoms with E-state index in [1.807, 2.05) is 6.92 Å². The fourth-order valence-electron chi connectivity index (χ4n) is 3.28. The quantitative estimate of drug-likeness (QED) is 0.589. The van der Waals surface area contributed by atoms with Gasteiger partial charge in [0.05, 0.1) is 10.6 Å². The number of carboxylic acids is 1. The number of nitrogens with zero attached hydrogens (tertiary/aromatic N) is 2. The van der Waals surface area contributed by atoms with Crippen molar-refractivity contribution < 1.29 is 24.3 Å². The smallest absolute Gasteiger partial charge is 0.337 e. The van der Waals surface area contributed by atoms with E-state index >= 15 is 0 Å². The standard InChI is InChI=1S/C20H18ClN3O5/c1-4-23-18(26)15(17(25)22-20(23)29)8-12-7-10(2)24(11(12)3)13-5-6-16(21)14(9-13)19(27)28/h5-9H,4H2,1-3H3,(H,27,28)(H,22,25,29)/b15-8-. The van der Waals surface area contributed by atoms with Crippen molar-refractivity contribution in [2.75, 3.05) is 6.54 Å². The van der Waals surface area contributed by atoms with Gasteiger partial charge in [-0.25, -0.2) is 9.59 Å². The number of aromatic nitrogens is 1. The zero-order valence-electron chi connectivity index (χ0n) is 15.9. The van der Waals surface area contributed by atoms with Crippen LogP contribution in [-0.2, 0) is 9.59 Å². The van der Waals surface area contributed by atoms with Gasteiger partial charge in [0.15, 0.2) is 0 Å². The zero-order valence-corrected chi connectivity index (χ0v) is 16.7. The first-order chi connectivity index (χ1) is 13.6. The summed E-state index contributed by atoms with van der Waals surface area (Å²) in [6.07, 6.45) is 1.43. The number of urea groups is 1. The minimum atomic E-state index is -1.14. The van der Waals surface area contributed by atoms with Crippen molar-refractivity contribution in [3.63, 3.8) is 0 Å². The van der Waals surface area contributed by atoms with Crippen LogP contribution in [0, 0.1) is 13.8 Å². The maximum atomic E-state index is 12.5. The molecule has 0 radical (unpaired) electrons. The first-order valence-corrected chi connectivity index (χ1v) is 9.14. The van der Waals surface area contributed by atoms with Gasteiger partial charge >= 0.3 is 12.0 Å². The van der Waals surface area contributed by atoms with Crippen LogP contribution in [0.15, 0.2) is 29.8 Å². The number of nitrogens with one attached hydrogen (secondary N) is 1. The van der Waals surface area contributed by atoms with E-state index in [1.54, 1.807) is 30.5 Å². The zero-order chi connectivity index (χ0) is 21.5. The molecule has 1 fully saturated rings. The third kappa shape index (κ3) is 3.54. The van der Waals surface area contributed by atoms with E-state index in [1.165, 1.54) is 18.2 Å². The largest absolute Gasteiger partial charge is 0.478 e. The van der Waals surface area contributed by atoms with E-state index in [-0.39, 0.29) is 22.7 Å². The minimum Gasteiger partial charge on any atom is -0.478 e. The van der Waals surface area contributed by atoms with E-state index in [0.29, 0.717) is 16.9 Å². The molecule has 4 amide bonds. The Morgan fingerprint density at radius 1 is 1.21 bits per heavy atom. The number of hydrogen-bond donors (Lipinski definition) is 2. The molecule has 150 valence electrons. The number of halogens is 1. The van der Waals surface area contributed by atoms with Crippen molar-refractivity contribution in [2.45, 2.75) is 20.8 Å². The summed E-state index contributed by atoms with van der Waals surface area (Å²) in [6, 6.07) is 5.66. The van der Waals surface area contributed by atoms with Gasteiger partial charge in [-0.3, -0.25) is 19.8 Å². The summed E-state index contributed by atoms with van der Waals surface area (Å²) in [5.41, 5.74) is 2.45. The molecule has 1 aliphatic heterocycles. The molecule has 0 aliphatic carbocycles. The van der Waals surface area contributed by atoms with Crippen LogP contribution >= 0.6 is 11.6 Å². The van der Waals surface area contributed by atoms with Gasteiger partial charge in [-0.15, -0.1) is 0 Å². The van der Waals surface area contributed by atoms with Crippen LogP contribution in [-0.4, -0.2) is 44.9 Å². The lowest BCUT2D eigenvalue weighted by Crippen LogP contribution is -2.53. The molecule has 0 atom stereocenters. The maximum absolute atomic E-state index is 12.5. The summed E-state index contributed by atoms with van der Waals surface area (Å²) in [5.74, 6) is -2.56. The van der Waals surface area contributed by atoms with Crippen LogP contribution in [0.5, 0.6) is 0 Å². The van der Waals surface area contributed by atoms with Gasteiger partial charge in [-0.05, 0) is 56.7 Å². The van der Waals surface area contributed by atoms with Gasteiger partial charge in [0, 0.05) is 23.6 Å². The number of rotatable bonds is 4. The molecular weight excluding hydrogens is 398 g/mol. The number of aromatic carboxylic acids is 1. The van der Waals surface area contributed by atoms with Crippen molar-refractivity contribution in [3.05, 3.63) is 57.4 Å². The molecular formula is C20H18ClN3O5. The molecule has 1 aliphatic rings. The highest BCUT2D eigenvalue weighted by atomic mass is 35.5. The average Bonchev–Trinajstić information content (AvgIpc) is 2.92. The fraction of sp³-hybridized carbons (Fsp3) is 0.200. The molecule has 1 saturated heterocycles. The highest BCUT2D eigenvalue weighted by Gasteiger charge is 2.34. The molecule has 1 aromatic heterocycles. The minimum absolute atomic E-state index is 0.0319. The molecule has 29 heavy (non-hydrogen) atoms. The second-order valence-electron chi connectivity index (χ2n) is 6.50. The van der Waals surface area contributed by atoms with Crippen LogP contribution in [0.3, 0.4) is 0 Å². The van der Waals surface area contributed by atoms with Crippen molar-refractivity contribution in [2.24, 2.45) is 0 Å². The molecule has 3 rings (SSSR count). The second-order valence-corrected chi connectivity index (χ2v) is 6.91. The number of likely N-dealkylation sites (N-methyl/N-ethyl adjacent to an activating group) is 1. The Hall–Kier alpha value is -3.39. The predicted molar refractivity (Wildman–Crippen MR) is 106 cm³/mol. The Morgan fingerprint density at radius 2 is 1.90 bits per heavy atom. The molecule has 0 saturated carbocycles. The Labute approximate surface area is 171 Å². The lowest BCUT2D eigenvalue weighted by molar-refractivity contribution is -0.129. The summed E-state index contributed by atoms with van der Waals surface area (Å²) in [4.78, 5) is 48.8. The molecule has 1 aromatic carbocycles. The number of hydrogen-bond acceptors (Lipinski definition) is 4. The first kappa shape index (κ1) is 20.3. The molecule has 0 bridgehead atoms. The normalized spacial score (nSPS) is 15.8. The Bertz CT molecular complexity index is 1100. The molecule has 2 N–H and O–H groups in total. The summed E-state index contributed by atoms with van der Waals surface area (Å²) < 4.78 is 1.79. The molecule has 0 unspecified atom stereocenters. The van der Waals surface area contributed by atoms with Crippen LogP contribution in [0.4, 0.5) is 4.79 Å². The second kappa shape index (κ2) is 7.56. The average molecular weight is 416 g/mol. The van der Waals surface area contributed by atoms with Gasteiger partial charge in [0.1, 0.15) is 5.57 Å². The van der Waals surface area contributed by atoms with Crippen LogP contribution in [0.2, 0.25) is 5.02 Å². The molecule has 0 spiro atoms. The van der Waals surface area contributed by atoms with E-state index in [9.17, 15) is 24.3 Å².